The van der Waals surface area contributed by atoms with Gasteiger partial charge < -0.3 is 24.8 Å². The molecule has 1 heterocycles. The van der Waals surface area contributed by atoms with E-state index in [9.17, 15) is 9.59 Å². The van der Waals surface area contributed by atoms with E-state index in [0.717, 1.165) is 79.4 Å². The van der Waals surface area contributed by atoms with E-state index in [0.29, 0.717) is 11.1 Å². The standard InChI is InChI=1S/C32H40N4O3/c1-6-7-16-35(4)32(38)26-12-14-28(23(2)21-26)24-8-10-25(11-9-24)31(37)33-27-13-15-30(39-5)29(22-27)36-19-17-34(3)18-20-36/h8-15,21-22H,6-7,16-20H2,1-5H3,(H,33,37). The summed E-state index contributed by atoms with van der Waals surface area (Å²) in [4.78, 5) is 32.2. The zero-order valence-electron chi connectivity index (χ0n) is 23.8. The molecule has 39 heavy (non-hydrogen) atoms. The Morgan fingerprint density at radius 2 is 1.64 bits per heavy atom. The first kappa shape index (κ1) is 28.2. The first-order valence-corrected chi connectivity index (χ1v) is 13.7. The van der Waals surface area contributed by atoms with Gasteiger partial charge >= 0.3 is 0 Å². The number of hydrogen-bond donors (Lipinski definition) is 1. The highest BCUT2D eigenvalue weighted by atomic mass is 16.5. The summed E-state index contributed by atoms with van der Waals surface area (Å²) in [5.74, 6) is 0.681. The molecule has 0 atom stereocenters. The topological polar surface area (TPSA) is 65.1 Å². The van der Waals surface area contributed by atoms with Crippen LogP contribution in [0.3, 0.4) is 0 Å². The maximum atomic E-state index is 13.1. The predicted molar refractivity (Wildman–Crippen MR) is 159 cm³/mol. The summed E-state index contributed by atoms with van der Waals surface area (Å²) in [6.45, 7) is 8.69. The van der Waals surface area contributed by atoms with Crippen molar-refractivity contribution in [2.45, 2.75) is 26.7 Å². The minimum absolute atomic E-state index is 0.0411. The van der Waals surface area contributed by atoms with Gasteiger partial charge in [-0.2, -0.15) is 0 Å². The van der Waals surface area contributed by atoms with E-state index in [1.807, 2.05) is 74.6 Å². The molecule has 0 spiro atoms. The number of hydrogen-bond acceptors (Lipinski definition) is 5. The van der Waals surface area contributed by atoms with Crippen LogP contribution < -0.4 is 15.0 Å². The third-order valence-electron chi connectivity index (χ3n) is 7.41. The number of likely N-dealkylation sites (N-methyl/N-ethyl adjacent to an activating group) is 1. The van der Waals surface area contributed by atoms with Gasteiger partial charge in [0.25, 0.3) is 11.8 Å². The van der Waals surface area contributed by atoms with Crippen molar-refractivity contribution in [1.82, 2.24) is 9.80 Å². The van der Waals surface area contributed by atoms with Crippen LogP contribution in [0.4, 0.5) is 11.4 Å². The summed E-state index contributed by atoms with van der Waals surface area (Å²) in [7, 11) is 5.65. The Labute approximate surface area is 232 Å². The third-order valence-corrected chi connectivity index (χ3v) is 7.41. The molecule has 0 aliphatic carbocycles. The van der Waals surface area contributed by atoms with Crippen molar-refractivity contribution in [2.75, 3.05) is 64.1 Å². The molecule has 4 rings (SSSR count). The summed E-state index contributed by atoms with van der Waals surface area (Å²) >= 11 is 0. The molecular formula is C32H40N4O3. The van der Waals surface area contributed by atoms with Crippen LogP contribution in [0.25, 0.3) is 11.1 Å². The van der Waals surface area contributed by atoms with Crippen molar-refractivity contribution in [3.05, 3.63) is 77.4 Å². The molecule has 7 heteroatoms. The molecule has 0 radical (unpaired) electrons. The van der Waals surface area contributed by atoms with Crippen LogP contribution in [0.15, 0.2) is 60.7 Å². The summed E-state index contributed by atoms with van der Waals surface area (Å²) < 4.78 is 5.59. The van der Waals surface area contributed by atoms with Crippen LogP contribution in [0, 0.1) is 6.92 Å². The fourth-order valence-corrected chi connectivity index (χ4v) is 4.90. The lowest BCUT2D eigenvalue weighted by molar-refractivity contribution is 0.0793. The van der Waals surface area contributed by atoms with Crippen LogP contribution in [0.2, 0.25) is 0 Å². The molecule has 1 N–H and O–H groups in total. The van der Waals surface area contributed by atoms with E-state index in [2.05, 4.69) is 29.1 Å². The van der Waals surface area contributed by atoms with Gasteiger partial charge in [-0.3, -0.25) is 9.59 Å². The number of carbonyl (C=O) groups is 2. The number of nitrogens with zero attached hydrogens (tertiary/aromatic N) is 3. The molecule has 0 bridgehead atoms. The molecule has 1 aliphatic rings. The molecule has 206 valence electrons. The molecule has 0 saturated carbocycles. The second-order valence-electron chi connectivity index (χ2n) is 10.3. The van der Waals surface area contributed by atoms with Gasteiger partial charge in [-0.25, -0.2) is 0 Å². The molecule has 2 amide bonds. The quantitative estimate of drug-likeness (QED) is 0.395. The predicted octanol–water partition coefficient (Wildman–Crippen LogP) is 5.55. The number of aryl methyl sites for hydroxylation is 1. The Balaban J connectivity index is 1.45. The molecular weight excluding hydrogens is 488 g/mol. The second kappa shape index (κ2) is 12.8. The first-order chi connectivity index (χ1) is 18.8. The highest BCUT2D eigenvalue weighted by molar-refractivity contribution is 6.05. The lowest BCUT2D eigenvalue weighted by Crippen LogP contribution is -2.44. The fourth-order valence-electron chi connectivity index (χ4n) is 4.90. The van der Waals surface area contributed by atoms with Gasteiger partial charge in [0.05, 0.1) is 12.8 Å². The summed E-state index contributed by atoms with van der Waals surface area (Å²) in [6.07, 6.45) is 2.05. The van der Waals surface area contributed by atoms with Crippen molar-refractivity contribution in [3.8, 4) is 16.9 Å². The zero-order valence-corrected chi connectivity index (χ0v) is 23.8. The van der Waals surface area contributed by atoms with Crippen LogP contribution in [-0.2, 0) is 0 Å². The Morgan fingerprint density at radius 1 is 0.949 bits per heavy atom. The Kier molecular flexibility index (Phi) is 9.25. The number of rotatable bonds is 9. The van der Waals surface area contributed by atoms with E-state index >= 15 is 0 Å². The SMILES string of the molecule is CCCCN(C)C(=O)c1ccc(-c2ccc(C(=O)Nc3ccc(OC)c(N4CCN(C)CC4)c3)cc2)c(C)c1. The van der Waals surface area contributed by atoms with Gasteiger partial charge in [0, 0.05) is 56.6 Å². The van der Waals surface area contributed by atoms with Crippen molar-refractivity contribution in [2.24, 2.45) is 0 Å². The van der Waals surface area contributed by atoms with E-state index in [-0.39, 0.29) is 11.8 Å². The molecule has 7 nitrogen and oxygen atoms in total. The number of ether oxygens (including phenoxy) is 1. The Bertz CT molecular complexity index is 1300. The average Bonchev–Trinajstić information content (AvgIpc) is 2.96. The average molecular weight is 529 g/mol. The second-order valence-corrected chi connectivity index (χ2v) is 10.3. The van der Waals surface area contributed by atoms with Crippen molar-refractivity contribution < 1.29 is 14.3 Å². The molecule has 3 aromatic rings. The lowest BCUT2D eigenvalue weighted by atomic mass is 9.97. The minimum Gasteiger partial charge on any atom is -0.495 e. The maximum Gasteiger partial charge on any atom is 0.255 e. The third kappa shape index (κ3) is 6.79. The smallest absolute Gasteiger partial charge is 0.255 e. The van der Waals surface area contributed by atoms with E-state index in [1.54, 1.807) is 12.0 Å². The first-order valence-electron chi connectivity index (χ1n) is 13.7. The highest BCUT2D eigenvalue weighted by Gasteiger charge is 2.19. The molecule has 0 unspecified atom stereocenters. The lowest BCUT2D eigenvalue weighted by Gasteiger charge is -2.34. The summed E-state index contributed by atoms with van der Waals surface area (Å²) in [5.41, 5.74) is 6.08. The van der Waals surface area contributed by atoms with Gasteiger partial charge in [-0.1, -0.05) is 31.5 Å². The van der Waals surface area contributed by atoms with Gasteiger partial charge in [0.1, 0.15) is 5.75 Å². The molecule has 1 aliphatic heterocycles. The monoisotopic (exact) mass is 528 g/mol. The number of carbonyl (C=O) groups excluding carboxylic acids is 2. The number of benzene rings is 3. The largest absolute Gasteiger partial charge is 0.495 e. The van der Waals surface area contributed by atoms with E-state index < -0.39 is 0 Å². The van der Waals surface area contributed by atoms with Crippen LogP contribution >= 0.6 is 0 Å². The van der Waals surface area contributed by atoms with Crippen LogP contribution in [0.5, 0.6) is 5.75 Å². The molecule has 0 aromatic heterocycles. The number of nitrogens with one attached hydrogen (secondary N) is 1. The van der Waals surface area contributed by atoms with Gasteiger partial charge in [-0.05, 0) is 79.5 Å². The van der Waals surface area contributed by atoms with Crippen molar-refractivity contribution in [1.29, 1.82) is 0 Å². The van der Waals surface area contributed by atoms with Crippen LogP contribution in [-0.4, -0.2) is 75.5 Å². The molecule has 1 saturated heterocycles. The van der Waals surface area contributed by atoms with Crippen molar-refractivity contribution in [3.63, 3.8) is 0 Å². The van der Waals surface area contributed by atoms with E-state index in [1.165, 1.54) is 0 Å². The maximum absolute atomic E-state index is 13.1. The van der Waals surface area contributed by atoms with Gasteiger partial charge in [-0.15, -0.1) is 0 Å². The number of anilines is 2. The Morgan fingerprint density at radius 3 is 2.28 bits per heavy atom. The summed E-state index contributed by atoms with van der Waals surface area (Å²) in [5, 5.41) is 3.04. The number of methoxy groups -OCH3 is 1. The normalized spacial score (nSPS) is 13.7. The van der Waals surface area contributed by atoms with Crippen LogP contribution in [0.1, 0.15) is 46.0 Å². The highest BCUT2D eigenvalue weighted by Crippen LogP contribution is 2.32. The number of piperazine rings is 1. The number of amides is 2. The molecule has 3 aromatic carbocycles. The Hall–Kier alpha value is -3.84. The van der Waals surface area contributed by atoms with Crippen molar-refractivity contribution >= 4 is 23.2 Å². The fraction of sp³-hybridized carbons (Fsp3) is 0.375. The zero-order chi connectivity index (χ0) is 27.9. The summed E-state index contributed by atoms with van der Waals surface area (Å²) in [6, 6.07) is 19.2. The minimum atomic E-state index is -0.163. The van der Waals surface area contributed by atoms with Gasteiger partial charge in [0.2, 0.25) is 0 Å². The number of unbranched alkanes of at least 4 members (excludes halogenated alkanes) is 1. The molecule has 1 fully saturated rings. The van der Waals surface area contributed by atoms with E-state index in [4.69, 9.17) is 4.74 Å². The van der Waals surface area contributed by atoms with Gasteiger partial charge in [0.15, 0.2) is 0 Å².